The fourth-order valence-corrected chi connectivity index (χ4v) is 3.47. The Hall–Kier alpha value is 0.211. The Balaban J connectivity index is 0. The molecule has 0 aromatic rings. The minimum absolute atomic E-state index is 0.300. The van der Waals surface area contributed by atoms with Gasteiger partial charge < -0.3 is 13.3 Å². The molecule has 0 amide bonds. The summed E-state index contributed by atoms with van der Waals surface area (Å²) in [5, 5.41) is 0.300. The summed E-state index contributed by atoms with van der Waals surface area (Å²) in [4.78, 5) is 0. The summed E-state index contributed by atoms with van der Waals surface area (Å²) in [7, 11) is -1.57. The largest absolute Gasteiger partial charge is 0.420 e. The van der Waals surface area contributed by atoms with Crippen LogP contribution in [0.3, 0.4) is 0 Å². The third kappa shape index (κ3) is 5.03. The van der Waals surface area contributed by atoms with E-state index < -0.39 is 26.2 Å². The molecule has 0 rings (SSSR count). The first-order chi connectivity index (χ1) is 6.97. The summed E-state index contributed by atoms with van der Waals surface area (Å²) in [6.45, 7) is 16.1. The van der Waals surface area contributed by atoms with E-state index in [2.05, 4.69) is 47.7 Å². The maximum atomic E-state index is 9.11. The minimum atomic E-state index is -1.54. The highest BCUT2D eigenvalue weighted by Gasteiger charge is 2.47. The fourth-order valence-electron chi connectivity index (χ4n) is 1.16. The lowest BCUT2D eigenvalue weighted by Crippen LogP contribution is -2.48. The molecule has 0 aromatic carbocycles. The van der Waals surface area contributed by atoms with Gasteiger partial charge in [-0.2, -0.15) is 0 Å². The summed E-state index contributed by atoms with van der Waals surface area (Å²) in [5.74, 6) is 0. The molecule has 0 fully saturated rings. The molecule has 96 valence electrons. The summed E-state index contributed by atoms with van der Waals surface area (Å²) in [6.07, 6.45) is 0. The molecule has 0 spiro atoms. The van der Waals surface area contributed by atoms with Crippen LogP contribution in [0.2, 0.25) is 18.1 Å². The van der Waals surface area contributed by atoms with Crippen LogP contribution in [0.4, 0.5) is 0 Å². The van der Waals surface area contributed by atoms with E-state index in [9.17, 15) is 0 Å². The third-order valence-electron chi connectivity index (χ3n) is 3.95. The van der Waals surface area contributed by atoms with Crippen molar-refractivity contribution in [3.8, 4) is 0 Å². The van der Waals surface area contributed by atoms with Gasteiger partial charge >= 0.3 is 17.8 Å². The van der Waals surface area contributed by atoms with Crippen LogP contribution >= 0.6 is 0 Å². The molecular formula is C10H26O3Si3. The average Bonchev–Trinajstić information content (AvgIpc) is 2.16. The SMILES string of the molecule is CO[Si](C)(C)C(C)(C)C(C)(C)C.O=[SiH][SiH]=O. The molecule has 0 heterocycles. The quantitative estimate of drug-likeness (QED) is 0.743. The molecule has 0 bridgehead atoms. The van der Waals surface area contributed by atoms with Crippen LogP contribution < -0.4 is 0 Å². The van der Waals surface area contributed by atoms with Crippen molar-refractivity contribution in [3.05, 3.63) is 0 Å². The molecule has 0 atom stereocenters. The topological polar surface area (TPSA) is 43.4 Å². The minimum Gasteiger partial charge on any atom is -0.420 e. The molecule has 0 aliphatic heterocycles. The van der Waals surface area contributed by atoms with Crippen LogP contribution in [-0.2, 0) is 13.3 Å². The third-order valence-corrected chi connectivity index (χ3v) is 9.17. The zero-order chi connectivity index (χ0) is 13.6. The molecule has 0 unspecified atom stereocenters. The molecule has 16 heavy (non-hydrogen) atoms. The highest BCUT2D eigenvalue weighted by Crippen LogP contribution is 2.51. The van der Waals surface area contributed by atoms with Gasteiger partial charge in [0.25, 0.3) is 0 Å². The molecule has 6 heteroatoms. The zero-order valence-corrected chi connectivity index (χ0v) is 15.2. The van der Waals surface area contributed by atoms with Gasteiger partial charge in [-0.05, 0) is 23.5 Å². The van der Waals surface area contributed by atoms with Crippen molar-refractivity contribution in [2.75, 3.05) is 7.11 Å². The molecule has 0 aromatic heterocycles. The smallest absolute Gasteiger partial charge is 0.307 e. The number of rotatable bonds is 3. The average molecular weight is 279 g/mol. The van der Waals surface area contributed by atoms with Crippen molar-refractivity contribution in [3.63, 3.8) is 0 Å². The van der Waals surface area contributed by atoms with Crippen molar-refractivity contribution < 1.29 is 13.3 Å². The maximum absolute atomic E-state index is 9.11. The first-order valence-corrected chi connectivity index (χ1v) is 11.9. The van der Waals surface area contributed by atoms with Crippen LogP contribution in [0.1, 0.15) is 34.6 Å². The Morgan fingerprint density at radius 3 is 1.31 bits per heavy atom. The van der Waals surface area contributed by atoms with Gasteiger partial charge in [-0.1, -0.05) is 34.6 Å². The lowest BCUT2D eigenvalue weighted by molar-refractivity contribution is 0.243. The summed E-state index contributed by atoms with van der Waals surface area (Å²) in [5.41, 5.74) is 0.318. The van der Waals surface area contributed by atoms with Gasteiger partial charge in [0.05, 0.1) is 0 Å². The number of hydrogen-bond donors (Lipinski definition) is 0. The standard InChI is InChI=1S/C10H24OSi.H2O2Si2/c1-9(2,3)10(4,5)12(7,8)11-6;1-3-4-2/h1-8H3;3-4H. The second-order valence-corrected chi connectivity index (χ2v) is 12.7. The summed E-state index contributed by atoms with van der Waals surface area (Å²) >= 11 is 0. The van der Waals surface area contributed by atoms with Crippen molar-refractivity contribution in [1.82, 2.24) is 0 Å². The zero-order valence-electron chi connectivity index (χ0n) is 11.9. The Kier molecular flexibility index (Phi) is 7.93. The van der Waals surface area contributed by atoms with E-state index in [0.29, 0.717) is 10.5 Å². The molecule has 0 aliphatic carbocycles. The summed E-state index contributed by atoms with van der Waals surface area (Å²) in [6, 6.07) is 0. The van der Waals surface area contributed by atoms with Gasteiger partial charge in [0, 0.05) is 7.11 Å². The van der Waals surface area contributed by atoms with Crippen molar-refractivity contribution in [2.45, 2.75) is 52.8 Å². The predicted molar refractivity (Wildman–Crippen MR) is 73.7 cm³/mol. The Bertz CT molecular complexity index is 226. The van der Waals surface area contributed by atoms with E-state index in [1.165, 1.54) is 0 Å². The molecule has 0 radical (unpaired) electrons. The van der Waals surface area contributed by atoms with E-state index in [0.717, 1.165) is 0 Å². The van der Waals surface area contributed by atoms with E-state index >= 15 is 0 Å². The van der Waals surface area contributed by atoms with Crippen molar-refractivity contribution in [1.29, 1.82) is 0 Å². The first-order valence-electron chi connectivity index (χ1n) is 5.42. The Labute approximate surface area is 105 Å². The Morgan fingerprint density at radius 2 is 1.25 bits per heavy atom. The van der Waals surface area contributed by atoms with E-state index in [-0.39, 0.29) is 0 Å². The fraction of sp³-hybridized carbons (Fsp3) is 1.00. The first kappa shape index (κ1) is 18.6. The molecule has 0 saturated carbocycles. The highest BCUT2D eigenvalue weighted by molar-refractivity contribution is 6.84. The monoisotopic (exact) mass is 278 g/mol. The van der Waals surface area contributed by atoms with Gasteiger partial charge in [0.15, 0.2) is 8.32 Å². The van der Waals surface area contributed by atoms with Crippen LogP contribution in [0.5, 0.6) is 0 Å². The molecule has 0 aliphatic rings. The van der Waals surface area contributed by atoms with Gasteiger partial charge in [0.2, 0.25) is 0 Å². The van der Waals surface area contributed by atoms with Crippen LogP contribution in [0.25, 0.3) is 0 Å². The summed E-state index contributed by atoms with van der Waals surface area (Å²) < 4.78 is 23.9. The highest BCUT2D eigenvalue weighted by atomic mass is 29.1. The van der Waals surface area contributed by atoms with Crippen molar-refractivity contribution in [2.24, 2.45) is 5.41 Å². The lowest BCUT2D eigenvalue weighted by Gasteiger charge is -2.47. The second kappa shape index (κ2) is 6.83. The van der Waals surface area contributed by atoms with Gasteiger partial charge in [-0.15, -0.1) is 0 Å². The van der Waals surface area contributed by atoms with E-state index in [1.54, 1.807) is 0 Å². The predicted octanol–water partition coefficient (Wildman–Crippen LogP) is 2.13. The van der Waals surface area contributed by atoms with Crippen LogP contribution in [0.15, 0.2) is 0 Å². The molecule has 0 saturated heterocycles. The molecule has 3 nitrogen and oxygen atoms in total. The normalized spacial score (nSPS) is 12.5. The van der Waals surface area contributed by atoms with Gasteiger partial charge in [-0.3, -0.25) is 0 Å². The van der Waals surface area contributed by atoms with Gasteiger partial charge in [-0.25, -0.2) is 0 Å². The van der Waals surface area contributed by atoms with Crippen LogP contribution in [-0.4, -0.2) is 33.3 Å². The number of hydrogen-bond acceptors (Lipinski definition) is 3. The molecule has 0 N–H and O–H groups in total. The maximum Gasteiger partial charge on any atom is 0.307 e. The van der Waals surface area contributed by atoms with Gasteiger partial charge in [0.1, 0.15) is 0 Å². The van der Waals surface area contributed by atoms with E-state index in [4.69, 9.17) is 13.3 Å². The van der Waals surface area contributed by atoms with Crippen LogP contribution in [0, 0.1) is 5.41 Å². The van der Waals surface area contributed by atoms with E-state index in [1.807, 2.05) is 7.11 Å². The lowest BCUT2D eigenvalue weighted by atomic mass is 9.82. The Morgan fingerprint density at radius 1 is 0.938 bits per heavy atom. The molecular weight excluding hydrogens is 252 g/mol. The van der Waals surface area contributed by atoms with Crippen molar-refractivity contribution >= 4 is 26.2 Å². The second-order valence-electron chi connectivity index (χ2n) is 5.86.